The molecule has 0 amide bonds. The van der Waals surface area contributed by atoms with Gasteiger partial charge in [-0.15, -0.1) is 0 Å². The largest absolute Gasteiger partial charge is 0.481 e. The number of rotatable bonds is 29. The Kier molecular flexibility index (Phi) is 30.8. The average Bonchev–Trinajstić information content (AvgIpc) is 2.97. The second-order valence-electron chi connectivity index (χ2n) is 11.0. The van der Waals surface area contributed by atoms with E-state index in [1.54, 1.807) is 0 Å². The van der Waals surface area contributed by atoms with E-state index < -0.39 is 5.97 Å². The molecule has 0 heterocycles. The highest BCUT2D eigenvalue weighted by Gasteiger charge is 2.13. The van der Waals surface area contributed by atoms with Crippen molar-refractivity contribution in [2.75, 3.05) is 0 Å². The maximum atomic E-state index is 12.3. The molecular formula is C38H62O4. The van der Waals surface area contributed by atoms with Crippen molar-refractivity contribution in [3.05, 3.63) is 72.9 Å². The Bertz CT molecular complexity index is 800. The average molecular weight is 583 g/mol. The highest BCUT2D eigenvalue weighted by molar-refractivity contribution is 5.69. The van der Waals surface area contributed by atoms with E-state index in [9.17, 15) is 9.59 Å². The van der Waals surface area contributed by atoms with E-state index in [2.05, 4.69) is 86.8 Å². The van der Waals surface area contributed by atoms with Crippen LogP contribution in [0.4, 0.5) is 0 Å². The van der Waals surface area contributed by atoms with Crippen molar-refractivity contribution >= 4 is 11.9 Å². The zero-order valence-corrected chi connectivity index (χ0v) is 27.0. The summed E-state index contributed by atoms with van der Waals surface area (Å²) in [6, 6.07) is 0. The summed E-state index contributed by atoms with van der Waals surface area (Å²) in [6.45, 7) is 4.30. The standard InChI is InChI=1S/C38H62O4/c1-3-5-6-7-8-9-10-11-12-13-14-15-16-17-18-19-20-21-25-28-31-35-38(41)42-36(32-4-2)33-29-26-23-22-24-27-30-34-37(39)40/h5-6,8-9,11-12,14-15,17-18,20-21,36H,3-4,7,10,13,16,19,22-35H2,1-2H3,(H,39,40)/b6-5-,9-8-,12-11-,15-14-,18-17-,21-20-. The van der Waals surface area contributed by atoms with Gasteiger partial charge in [-0.3, -0.25) is 9.59 Å². The quantitative estimate of drug-likeness (QED) is 0.0541. The lowest BCUT2D eigenvalue weighted by Gasteiger charge is -2.17. The predicted molar refractivity (Wildman–Crippen MR) is 181 cm³/mol. The molecule has 0 saturated heterocycles. The number of hydrogen-bond acceptors (Lipinski definition) is 3. The molecule has 0 aliphatic rings. The molecule has 0 spiro atoms. The first-order chi connectivity index (χ1) is 20.6. The third-order valence-electron chi connectivity index (χ3n) is 6.92. The van der Waals surface area contributed by atoms with Gasteiger partial charge in [0.25, 0.3) is 0 Å². The van der Waals surface area contributed by atoms with Crippen molar-refractivity contribution in [3.8, 4) is 0 Å². The number of aliphatic carboxylic acids is 1. The van der Waals surface area contributed by atoms with Crippen LogP contribution in [0.5, 0.6) is 0 Å². The van der Waals surface area contributed by atoms with Gasteiger partial charge in [0.1, 0.15) is 6.10 Å². The number of carboxylic acids is 1. The second-order valence-corrected chi connectivity index (χ2v) is 11.0. The molecule has 0 saturated carbocycles. The minimum absolute atomic E-state index is 0.0466. The van der Waals surface area contributed by atoms with Crippen molar-refractivity contribution in [2.45, 2.75) is 155 Å². The Labute approximate surface area is 258 Å². The summed E-state index contributed by atoms with van der Waals surface area (Å²) in [5.74, 6) is -0.744. The van der Waals surface area contributed by atoms with E-state index in [0.717, 1.165) is 116 Å². The van der Waals surface area contributed by atoms with Crippen LogP contribution in [0.2, 0.25) is 0 Å². The SMILES string of the molecule is CC/C=C\C/C=C\C/C=C\C/C=C\C/C=C\C/C=C\CCCCC(=O)OC(CCC)CCCCCCCCCC(=O)O. The van der Waals surface area contributed by atoms with E-state index in [1.165, 1.54) is 6.42 Å². The molecule has 0 rings (SSSR count). The Morgan fingerprint density at radius 1 is 0.548 bits per heavy atom. The zero-order valence-electron chi connectivity index (χ0n) is 27.0. The molecule has 1 atom stereocenters. The van der Waals surface area contributed by atoms with Crippen molar-refractivity contribution < 1.29 is 19.4 Å². The molecule has 0 bridgehead atoms. The molecule has 0 aliphatic carbocycles. The fourth-order valence-corrected chi connectivity index (χ4v) is 4.53. The van der Waals surface area contributed by atoms with Gasteiger partial charge in [0.15, 0.2) is 0 Å². The van der Waals surface area contributed by atoms with Crippen LogP contribution in [0.25, 0.3) is 0 Å². The molecule has 238 valence electrons. The van der Waals surface area contributed by atoms with Gasteiger partial charge < -0.3 is 9.84 Å². The number of ether oxygens (including phenoxy) is 1. The van der Waals surface area contributed by atoms with Crippen LogP contribution in [0, 0.1) is 0 Å². The Balaban J connectivity index is 3.74. The second kappa shape index (κ2) is 32.9. The summed E-state index contributed by atoms with van der Waals surface area (Å²) in [4.78, 5) is 22.8. The van der Waals surface area contributed by atoms with Crippen LogP contribution in [0.15, 0.2) is 72.9 Å². The fourth-order valence-electron chi connectivity index (χ4n) is 4.53. The van der Waals surface area contributed by atoms with Crippen LogP contribution in [0.3, 0.4) is 0 Å². The lowest BCUT2D eigenvalue weighted by Crippen LogP contribution is -2.18. The highest BCUT2D eigenvalue weighted by atomic mass is 16.5. The predicted octanol–water partition coefficient (Wildman–Crippen LogP) is 11.6. The lowest BCUT2D eigenvalue weighted by atomic mass is 10.0. The minimum Gasteiger partial charge on any atom is -0.481 e. The molecule has 0 fully saturated rings. The summed E-state index contributed by atoms with van der Waals surface area (Å²) in [7, 11) is 0. The molecule has 1 unspecified atom stereocenters. The number of carbonyl (C=O) groups is 2. The number of allylic oxidation sites excluding steroid dienone is 12. The van der Waals surface area contributed by atoms with E-state index in [-0.39, 0.29) is 18.5 Å². The number of unbranched alkanes of at least 4 members (excludes halogenated alkanes) is 8. The summed E-state index contributed by atoms with van der Waals surface area (Å²) in [5, 5.41) is 8.67. The van der Waals surface area contributed by atoms with E-state index in [0.29, 0.717) is 6.42 Å². The summed E-state index contributed by atoms with van der Waals surface area (Å²) < 4.78 is 5.78. The Morgan fingerprint density at radius 2 is 1.00 bits per heavy atom. The maximum absolute atomic E-state index is 12.3. The molecule has 4 nitrogen and oxygen atoms in total. The van der Waals surface area contributed by atoms with E-state index in [4.69, 9.17) is 9.84 Å². The number of esters is 1. The Morgan fingerprint density at radius 3 is 1.50 bits per heavy atom. The van der Waals surface area contributed by atoms with Gasteiger partial charge in [-0.1, -0.05) is 125 Å². The summed E-state index contributed by atoms with van der Waals surface area (Å²) in [6.07, 6.45) is 46.8. The highest BCUT2D eigenvalue weighted by Crippen LogP contribution is 2.16. The first kappa shape index (κ1) is 39.4. The Hall–Kier alpha value is -2.62. The van der Waals surface area contributed by atoms with Crippen LogP contribution in [0.1, 0.15) is 149 Å². The van der Waals surface area contributed by atoms with Gasteiger partial charge in [-0.25, -0.2) is 0 Å². The number of carbonyl (C=O) groups excluding carboxylic acids is 1. The zero-order chi connectivity index (χ0) is 30.8. The molecule has 1 N–H and O–H groups in total. The molecule has 0 radical (unpaired) electrons. The smallest absolute Gasteiger partial charge is 0.306 e. The summed E-state index contributed by atoms with van der Waals surface area (Å²) >= 11 is 0. The molecular weight excluding hydrogens is 520 g/mol. The van der Waals surface area contributed by atoms with Gasteiger partial charge in [-0.05, 0) is 83.5 Å². The van der Waals surface area contributed by atoms with Crippen LogP contribution < -0.4 is 0 Å². The molecule has 0 aromatic rings. The molecule has 4 heteroatoms. The normalized spacial score (nSPS) is 13.2. The van der Waals surface area contributed by atoms with Gasteiger partial charge in [0.2, 0.25) is 0 Å². The first-order valence-corrected chi connectivity index (χ1v) is 16.9. The van der Waals surface area contributed by atoms with Gasteiger partial charge in [0, 0.05) is 12.8 Å². The van der Waals surface area contributed by atoms with Crippen LogP contribution in [-0.4, -0.2) is 23.1 Å². The van der Waals surface area contributed by atoms with Gasteiger partial charge in [0.05, 0.1) is 0 Å². The minimum atomic E-state index is -0.698. The van der Waals surface area contributed by atoms with Crippen molar-refractivity contribution in [2.24, 2.45) is 0 Å². The van der Waals surface area contributed by atoms with E-state index in [1.807, 2.05) is 0 Å². The molecule has 0 aromatic carbocycles. The fraction of sp³-hybridized carbons (Fsp3) is 0.632. The topological polar surface area (TPSA) is 63.6 Å². The monoisotopic (exact) mass is 582 g/mol. The first-order valence-electron chi connectivity index (χ1n) is 16.9. The van der Waals surface area contributed by atoms with Gasteiger partial charge in [-0.2, -0.15) is 0 Å². The van der Waals surface area contributed by atoms with Crippen LogP contribution >= 0.6 is 0 Å². The molecule has 0 aliphatic heterocycles. The maximum Gasteiger partial charge on any atom is 0.306 e. The van der Waals surface area contributed by atoms with E-state index >= 15 is 0 Å². The third kappa shape index (κ3) is 31.9. The van der Waals surface area contributed by atoms with Crippen molar-refractivity contribution in [3.63, 3.8) is 0 Å². The number of carboxylic acid groups (broad SMARTS) is 1. The number of hydrogen-bond donors (Lipinski definition) is 1. The lowest BCUT2D eigenvalue weighted by molar-refractivity contribution is -0.150. The van der Waals surface area contributed by atoms with Crippen molar-refractivity contribution in [1.82, 2.24) is 0 Å². The molecule has 0 aromatic heterocycles. The summed E-state index contributed by atoms with van der Waals surface area (Å²) in [5.41, 5.74) is 0. The van der Waals surface area contributed by atoms with Crippen molar-refractivity contribution in [1.29, 1.82) is 0 Å². The third-order valence-corrected chi connectivity index (χ3v) is 6.92. The molecule has 42 heavy (non-hydrogen) atoms. The van der Waals surface area contributed by atoms with Gasteiger partial charge >= 0.3 is 11.9 Å². The van der Waals surface area contributed by atoms with Crippen LogP contribution in [-0.2, 0) is 14.3 Å².